The van der Waals surface area contributed by atoms with Gasteiger partial charge >= 0.3 is 0 Å². The molecule has 0 atom stereocenters. The van der Waals surface area contributed by atoms with Gasteiger partial charge in [0.15, 0.2) is 0 Å². The number of amides is 1. The molecule has 32 heavy (non-hydrogen) atoms. The van der Waals surface area contributed by atoms with Crippen molar-refractivity contribution in [1.82, 2.24) is 24.5 Å². The highest BCUT2D eigenvalue weighted by Crippen LogP contribution is 2.16. The average molecular weight is 432 g/mol. The second-order valence-corrected chi connectivity index (χ2v) is 8.49. The third-order valence-electron chi connectivity index (χ3n) is 5.66. The van der Waals surface area contributed by atoms with E-state index in [2.05, 4.69) is 41.5 Å². The minimum atomic E-state index is -0.0497. The van der Waals surface area contributed by atoms with Gasteiger partial charge in [0.25, 0.3) is 5.56 Å². The fourth-order valence-electron chi connectivity index (χ4n) is 3.87. The molecule has 4 aromatic rings. The zero-order valence-electron chi connectivity index (χ0n) is 18.6. The van der Waals surface area contributed by atoms with Crippen molar-refractivity contribution in [1.29, 1.82) is 0 Å². The van der Waals surface area contributed by atoms with Gasteiger partial charge < -0.3 is 5.32 Å². The summed E-state index contributed by atoms with van der Waals surface area (Å²) in [6.07, 6.45) is 2.44. The average Bonchev–Trinajstić information content (AvgIpc) is 3.22. The maximum absolute atomic E-state index is 13.1. The lowest BCUT2D eigenvalue weighted by Gasteiger charge is -2.12. The van der Waals surface area contributed by atoms with E-state index in [4.69, 9.17) is 0 Å². The van der Waals surface area contributed by atoms with Crippen LogP contribution in [0.4, 0.5) is 0 Å². The monoisotopic (exact) mass is 431 g/mol. The van der Waals surface area contributed by atoms with Crippen LogP contribution in [0.15, 0.2) is 59.4 Å². The van der Waals surface area contributed by atoms with Gasteiger partial charge in [0, 0.05) is 25.9 Å². The first-order chi connectivity index (χ1) is 15.5. The predicted molar refractivity (Wildman–Crippen MR) is 126 cm³/mol. The van der Waals surface area contributed by atoms with E-state index >= 15 is 0 Å². The quantitative estimate of drug-likeness (QED) is 0.441. The fourth-order valence-corrected chi connectivity index (χ4v) is 3.87. The van der Waals surface area contributed by atoms with E-state index in [1.807, 2.05) is 46.9 Å². The van der Waals surface area contributed by atoms with Gasteiger partial charge in [0.1, 0.15) is 5.82 Å². The van der Waals surface area contributed by atoms with Gasteiger partial charge in [-0.05, 0) is 36.5 Å². The van der Waals surface area contributed by atoms with Crippen LogP contribution < -0.4 is 10.9 Å². The van der Waals surface area contributed by atoms with Gasteiger partial charge in [-0.2, -0.15) is 0 Å². The second-order valence-electron chi connectivity index (χ2n) is 8.49. The summed E-state index contributed by atoms with van der Waals surface area (Å²) >= 11 is 0. The number of carbonyl (C=O) groups excluding carboxylic acids is 1. The normalized spacial score (nSPS) is 11.5. The third-order valence-corrected chi connectivity index (χ3v) is 5.66. The van der Waals surface area contributed by atoms with Crippen molar-refractivity contribution in [2.24, 2.45) is 5.92 Å². The van der Waals surface area contributed by atoms with E-state index in [0.717, 1.165) is 18.4 Å². The van der Waals surface area contributed by atoms with Crippen molar-refractivity contribution in [3.63, 3.8) is 0 Å². The van der Waals surface area contributed by atoms with Crippen LogP contribution in [0, 0.1) is 5.92 Å². The maximum Gasteiger partial charge on any atom is 0.262 e. The van der Waals surface area contributed by atoms with Crippen molar-refractivity contribution in [3.8, 4) is 0 Å². The molecular formula is C25H29N5O2. The SMILES string of the molecule is CC(C)CCn1c(=O)c2ccccc2n2c(CCC(=O)NCCc3ccccc3)nnc12. The lowest BCUT2D eigenvalue weighted by atomic mass is 10.1. The lowest BCUT2D eigenvalue weighted by molar-refractivity contribution is -0.121. The van der Waals surface area contributed by atoms with Crippen molar-refractivity contribution in [2.45, 2.75) is 46.1 Å². The van der Waals surface area contributed by atoms with Crippen LogP contribution in [0.1, 0.15) is 38.1 Å². The summed E-state index contributed by atoms with van der Waals surface area (Å²) in [6.45, 7) is 5.45. The molecule has 0 saturated heterocycles. The molecule has 2 heterocycles. The Morgan fingerprint density at radius 1 is 1.00 bits per heavy atom. The molecule has 0 aliphatic carbocycles. The van der Waals surface area contributed by atoms with Gasteiger partial charge in [-0.3, -0.25) is 18.6 Å². The first-order valence-corrected chi connectivity index (χ1v) is 11.2. The smallest absolute Gasteiger partial charge is 0.262 e. The Balaban J connectivity index is 1.53. The first-order valence-electron chi connectivity index (χ1n) is 11.2. The molecule has 0 fully saturated rings. The number of hydrogen-bond acceptors (Lipinski definition) is 4. The highest BCUT2D eigenvalue weighted by Gasteiger charge is 2.17. The predicted octanol–water partition coefficient (Wildman–Crippen LogP) is 3.38. The van der Waals surface area contributed by atoms with E-state index < -0.39 is 0 Å². The number of rotatable bonds is 9. The second kappa shape index (κ2) is 9.77. The number of nitrogens with zero attached hydrogens (tertiary/aromatic N) is 4. The van der Waals surface area contributed by atoms with E-state index in [9.17, 15) is 9.59 Å². The minimum Gasteiger partial charge on any atom is -0.356 e. The number of aromatic nitrogens is 4. The maximum atomic E-state index is 13.1. The molecule has 7 nitrogen and oxygen atoms in total. The lowest BCUT2D eigenvalue weighted by Crippen LogP contribution is -2.26. The van der Waals surface area contributed by atoms with Gasteiger partial charge in [-0.1, -0.05) is 56.3 Å². The summed E-state index contributed by atoms with van der Waals surface area (Å²) < 4.78 is 3.63. The number of nitrogens with one attached hydrogen (secondary N) is 1. The van der Waals surface area contributed by atoms with Gasteiger partial charge in [-0.25, -0.2) is 0 Å². The highest BCUT2D eigenvalue weighted by molar-refractivity contribution is 5.80. The van der Waals surface area contributed by atoms with E-state index in [1.165, 1.54) is 5.56 Å². The molecule has 0 spiro atoms. The molecule has 166 valence electrons. The number of aryl methyl sites for hydroxylation is 2. The Morgan fingerprint density at radius 2 is 1.75 bits per heavy atom. The zero-order valence-corrected chi connectivity index (χ0v) is 18.6. The first kappa shape index (κ1) is 21.7. The van der Waals surface area contributed by atoms with Crippen LogP contribution in [0.2, 0.25) is 0 Å². The Morgan fingerprint density at radius 3 is 2.53 bits per heavy atom. The summed E-state index contributed by atoms with van der Waals surface area (Å²) in [5.74, 6) is 1.67. The molecule has 0 bridgehead atoms. The summed E-state index contributed by atoms with van der Waals surface area (Å²) in [5.41, 5.74) is 1.92. The topological polar surface area (TPSA) is 81.3 Å². The fraction of sp³-hybridized carbons (Fsp3) is 0.360. The Labute approximate surface area is 187 Å². The summed E-state index contributed by atoms with van der Waals surface area (Å²) in [5, 5.41) is 12.3. The largest absolute Gasteiger partial charge is 0.356 e. The Hall–Kier alpha value is -3.48. The third kappa shape index (κ3) is 4.72. The molecular weight excluding hydrogens is 402 g/mol. The molecule has 0 unspecified atom stereocenters. The molecule has 1 N–H and O–H groups in total. The number of para-hydroxylation sites is 1. The standard InChI is InChI=1S/C25H29N5O2/c1-18(2)15-17-29-24(32)20-10-6-7-11-21(20)30-22(27-28-25(29)30)12-13-23(31)26-16-14-19-8-4-3-5-9-19/h3-11,18H,12-17H2,1-2H3,(H,26,31). The van der Waals surface area contributed by atoms with Crippen molar-refractivity contribution >= 4 is 22.6 Å². The van der Waals surface area contributed by atoms with Crippen LogP contribution in [0.5, 0.6) is 0 Å². The van der Waals surface area contributed by atoms with Gasteiger partial charge in [-0.15, -0.1) is 10.2 Å². The van der Waals surface area contributed by atoms with Crippen LogP contribution in [0.3, 0.4) is 0 Å². The molecule has 4 rings (SSSR count). The number of fused-ring (bicyclic) bond motifs is 3. The Kier molecular flexibility index (Phi) is 6.63. The molecule has 0 aliphatic heterocycles. The molecule has 2 aromatic heterocycles. The number of benzene rings is 2. The summed E-state index contributed by atoms with van der Waals surface area (Å²) in [4.78, 5) is 25.5. The highest BCUT2D eigenvalue weighted by atomic mass is 16.1. The van der Waals surface area contributed by atoms with E-state index in [0.29, 0.717) is 48.8 Å². The molecule has 1 amide bonds. The molecule has 0 radical (unpaired) electrons. The number of carbonyl (C=O) groups is 1. The van der Waals surface area contributed by atoms with Crippen LogP contribution in [0.25, 0.3) is 16.7 Å². The van der Waals surface area contributed by atoms with Crippen molar-refractivity contribution in [2.75, 3.05) is 6.54 Å². The summed E-state index contributed by atoms with van der Waals surface area (Å²) in [7, 11) is 0. The Bertz CT molecular complexity index is 1270. The van der Waals surface area contributed by atoms with Crippen molar-refractivity contribution in [3.05, 3.63) is 76.3 Å². The van der Waals surface area contributed by atoms with Crippen LogP contribution in [-0.4, -0.2) is 31.6 Å². The summed E-state index contributed by atoms with van der Waals surface area (Å²) in [6, 6.07) is 17.6. The molecule has 0 saturated carbocycles. The minimum absolute atomic E-state index is 0.0184. The molecule has 7 heteroatoms. The van der Waals surface area contributed by atoms with E-state index in [-0.39, 0.29) is 11.5 Å². The zero-order chi connectivity index (χ0) is 22.5. The van der Waals surface area contributed by atoms with E-state index in [1.54, 1.807) is 4.57 Å². The number of hydrogen-bond donors (Lipinski definition) is 1. The van der Waals surface area contributed by atoms with Crippen molar-refractivity contribution < 1.29 is 4.79 Å². The molecule has 2 aromatic carbocycles. The van der Waals surface area contributed by atoms with Gasteiger partial charge in [0.05, 0.1) is 10.9 Å². The van der Waals surface area contributed by atoms with Crippen LogP contribution in [-0.2, 0) is 24.2 Å². The molecule has 0 aliphatic rings. The van der Waals surface area contributed by atoms with Crippen LogP contribution >= 0.6 is 0 Å². The van der Waals surface area contributed by atoms with Gasteiger partial charge in [0.2, 0.25) is 11.7 Å².